The molecule has 0 aromatic heterocycles. The maximum atomic E-state index is 11.9. The molecule has 31 heavy (non-hydrogen) atoms. The van der Waals surface area contributed by atoms with Gasteiger partial charge in [-0.05, 0) is 19.3 Å². The van der Waals surface area contributed by atoms with Gasteiger partial charge in [0.05, 0.1) is 18.3 Å². The Morgan fingerprint density at radius 1 is 0.710 bits per heavy atom. The van der Waals surface area contributed by atoms with E-state index in [2.05, 4.69) is 13.5 Å². The molecule has 0 aromatic carbocycles. The van der Waals surface area contributed by atoms with Crippen LogP contribution in [-0.2, 0) is 9.53 Å². The molecule has 184 valence electrons. The molecule has 0 saturated carbocycles. The molecule has 2 N–H and O–H groups in total. The van der Waals surface area contributed by atoms with E-state index in [1.165, 1.54) is 89.9 Å². The van der Waals surface area contributed by atoms with Crippen LogP contribution in [0.2, 0.25) is 0 Å². The summed E-state index contributed by atoms with van der Waals surface area (Å²) in [5.74, 6) is -0.476. The third-order valence-electron chi connectivity index (χ3n) is 6.03. The van der Waals surface area contributed by atoms with Gasteiger partial charge >= 0.3 is 5.97 Å². The Morgan fingerprint density at radius 3 is 1.58 bits per heavy atom. The number of hydrogen-bond acceptors (Lipinski definition) is 4. The minimum Gasteiger partial charge on any atom is -0.462 e. The predicted octanol–water partition coefficient (Wildman–Crippen LogP) is 7.26. The zero-order valence-corrected chi connectivity index (χ0v) is 20.6. The van der Waals surface area contributed by atoms with Crippen molar-refractivity contribution in [2.75, 3.05) is 13.2 Å². The SMILES string of the molecule is C=C(C(=O)OCCCCCCCCCCCCCCCCCC)C(O)CCCCCO. The van der Waals surface area contributed by atoms with Gasteiger partial charge in [-0.15, -0.1) is 0 Å². The van der Waals surface area contributed by atoms with Crippen LogP contribution in [0.25, 0.3) is 0 Å². The fourth-order valence-electron chi connectivity index (χ4n) is 3.84. The third-order valence-corrected chi connectivity index (χ3v) is 6.03. The molecule has 0 heterocycles. The van der Waals surface area contributed by atoms with Crippen LogP contribution in [0.5, 0.6) is 0 Å². The predicted molar refractivity (Wildman–Crippen MR) is 131 cm³/mol. The molecule has 1 unspecified atom stereocenters. The molecule has 0 spiro atoms. The van der Waals surface area contributed by atoms with E-state index in [0.29, 0.717) is 13.0 Å². The second-order valence-corrected chi connectivity index (χ2v) is 9.05. The lowest BCUT2D eigenvalue weighted by Gasteiger charge is -2.13. The first-order valence-electron chi connectivity index (χ1n) is 13.3. The number of carbonyl (C=O) groups excluding carboxylic acids is 1. The summed E-state index contributed by atoms with van der Waals surface area (Å²) in [6, 6.07) is 0. The zero-order valence-electron chi connectivity index (χ0n) is 20.6. The van der Waals surface area contributed by atoms with Gasteiger partial charge in [0.1, 0.15) is 0 Å². The van der Waals surface area contributed by atoms with Crippen molar-refractivity contribution in [3.05, 3.63) is 12.2 Å². The Bertz CT molecular complexity index is 408. The number of ether oxygens (including phenoxy) is 1. The monoisotopic (exact) mass is 440 g/mol. The smallest absolute Gasteiger partial charge is 0.336 e. The summed E-state index contributed by atoms with van der Waals surface area (Å²) in [4.78, 5) is 11.9. The number of aliphatic hydroxyl groups is 2. The van der Waals surface area contributed by atoms with Gasteiger partial charge < -0.3 is 14.9 Å². The topological polar surface area (TPSA) is 66.8 Å². The first-order chi connectivity index (χ1) is 15.1. The molecule has 4 heteroatoms. The van der Waals surface area contributed by atoms with E-state index < -0.39 is 12.1 Å². The Hall–Kier alpha value is -0.870. The Balaban J connectivity index is 3.34. The molecule has 0 radical (unpaired) electrons. The van der Waals surface area contributed by atoms with Gasteiger partial charge in [0.2, 0.25) is 0 Å². The van der Waals surface area contributed by atoms with Gasteiger partial charge in [0.25, 0.3) is 0 Å². The molecule has 1 atom stereocenters. The fourth-order valence-corrected chi connectivity index (χ4v) is 3.84. The normalized spacial score (nSPS) is 12.1. The quantitative estimate of drug-likeness (QED) is 0.0941. The lowest BCUT2D eigenvalue weighted by atomic mass is 10.0. The van der Waals surface area contributed by atoms with E-state index in [0.717, 1.165) is 32.1 Å². The maximum Gasteiger partial charge on any atom is 0.336 e. The molecule has 0 rings (SSSR count). The average Bonchev–Trinajstić information content (AvgIpc) is 2.78. The summed E-state index contributed by atoms with van der Waals surface area (Å²) >= 11 is 0. The molecule has 4 nitrogen and oxygen atoms in total. The summed E-state index contributed by atoms with van der Waals surface area (Å²) in [5.41, 5.74) is 0.153. The van der Waals surface area contributed by atoms with Crippen LogP contribution in [0, 0.1) is 0 Å². The van der Waals surface area contributed by atoms with Crippen molar-refractivity contribution < 1.29 is 19.7 Å². The maximum absolute atomic E-state index is 11.9. The minimum atomic E-state index is -0.836. The van der Waals surface area contributed by atoms with E-state index in [4.69, 9.17) is 9.84 Å². The van der Waals surface area contributed by atoms with Crippen molar-refractivity contribution in [2.24, 2.45) is 0 Å². The highest BCUT2D eigenvalue weighted by Crippen LogP contribution is 2.14. The third kappa shape index (κ3) is 20.8. The highest BCUT2D eigenvalue weighted by Gasteiger charge is 2.17. The van der Waals surface area contributed by atoms with Crippen LogP contribution in [-0.4, -0.2) is 35.5 Å². The standard InChI is InChI=1S/C27H52O4/c1-3-4-5-6-7-8-9-10-11-12-13-14-15-16-17-21-24-31-27(30)25(2)26(29)22-19-18-20-23-28/h26,28-29H,2-24H2,1H3. The van der Waals surface area contributed by atoms with Crippen LogP contribution in [0.15, 0.2) is 12.2 Å². The van der Waals surface area contributed by atoms with Crippen molar-refractivity contribution in [1.82, 2.24) is 0 Å². The summed E-state index contributed by atoms with van der Waals surface area (Å²) in [6.07, 6.45) is 23.1. The van der Waals surface area contributed by atoms with Crippen molar-refractivity contribution in [1.29, 1.82) is 0 Å². The van der Waals surface area contributed by atoms with E-state index >= 15 is 0 Å². The van der Waals surface area contributed by atoms with Crippen LogP contribution >= 0.6 is 0 Å². The van der Waals surface area contributed by atoms with Crippen LogP contribution in [0.4, 0.5) is 0 Å². The zero-order chi connectivity index (χ0) is 23.0. The number of esters is 1. The molecule has 0 saturated heterocycles. The van der Waals surface area contributed by atoms with Crippen molar-refractivity contribution in [3.8, 4) is 0 Å². The Kier molecular flexibility index (Phi) is 23.1. The van der Waals surface area contributed by atoms with E-state index in [-0.39, 0.29) is 12.2 Å². The molecule has 0 fully saturated rings. The number of unbranched alkanes of at least 4 members (excludes halogenated alkanes) is 17. The number of aliphatic hydroxyl groups excluding tert-OH is 2. The van der Waals surface area contributed by atoms with E-state index in [1.807, 2.05) is 0 Å². The average molecular weight is 441 g/mol. The summed E-state index contributed by atoms with van der Waals surface area (Å²) < 4.78 is 5.23. The van der Waals surface area contributed by atoms with Gasteiger partial charge in [-0.2, -0.15) is 0 Å². The summed E-state index contributed by atoms with van der Waals surface area (Å²) in [5, 5.41) is 18.7. The molecule has 0 aliphatic carbocycles. The van der Waals surface area contributed by atoms with Crippen molar-refractivity contribution in [2.45, 2.75) is 141 Å². The molecule has 0 aromatic rings. The second-order valence-electron chi connectivity index (χ2n) is 9.05. The van der Waals surface area contributed by atoms with Crippen molar-refractivity contribution >= 4 is 5.97 Å². The minimum absolute atomic E-state index is 0.153. The molecule has 0 amide bonds. The number of carbonyl (C=O) groups is 1. The fraction of sp³-hybridized carbons (Fsp3) is 0.889. The molecular weight excluding hydrogens is 388 g/mol. The van der Waals surface area contributed by atoms with Crippen LogP contribution in [0.3, 0.4) is 0 Å². The highest BCUT2D eigenvalue weighted by molar-refractivity contribution is 5.88. The summed E-state index contributed by atoms with van der Waals surface area (Å²) in [7, 11) is 0. The number of hydrogen-bond donors (Lipinski definition) is 2. The molecule has 0 aliphatic rings. The number of rotatable bonds is 24. The first-order valence-corrected chi connectivity index (χ1v) is 13.3. The van der Waals surface area contributed by atoms with E-state index in [1.54, 1.807) is 0 Å². The van der Waals surface area contributed by atoms with Gasteiger partial charge in [-0.25, -0.2) is 4.79 Å². The van der Waals surface area contributed by atoms with Gasteiger partial charge in [0, 0.05) is 6.61 Å². The molecule has 0 bridgehead atoms. The molecule has 0 aliphatic heterocycles. The molecular formula is C27H52O4. The van der Waals surface area contributed by atoms with Crippen LogP contribution in [0.1, 0.15) is 135 Å². The highest BCUT2D eigenvalue weighted by atomic mass is 16.5. The van der Waals surface area contributed by atoms with Gasteiger partial charge in [-0.1, -0.05) is 123 Å². The van der Waals surface area contributed by atoms with Crippen LogP contribution < -0.4 is 0 Å². The Labute approximate surface area is 192 Å². The van der Waals surface area contributed by atoms with Crippen molar-refractivity contribution in [3.63, 3.8) is 0 Å². The lowest BCUT2D eigenvalue weighted by molar-refractivity contribution is -0.140. The first kappa shape index (κ1) is 30.1. The van der Waals surface area contributed by atoms with Gasteiger partial charge in [0.15, 0.2) is 0 Å². The largest absolute Gasteiger partial charge is 0.462 e. The second kappa shape index (κ2) is 23.8. The van der Waals surface area contributed by atoms with Gasteiger partial charge in [-0.3, -0.25) is 0 Å². The Morgan fingerprint density at radius 2 is 1.13 bits per heavy atom. The summed E-state index contributed by atoms with van der Waals surface area (Å²) in [6.45, 7) is 6.52. The lowest BCUT2D eigenvalue weighted by Crippen LogP contribution is -2.19. The van der Waals surface area contributed by atoms with E-state index in [9.17, 15) is 9.90 Å².